The Labute approximate surface area is 153 Å². The zero-order chi connectivity index (χ0) is 17.4. The molecule has 4 nitrogen and oxygen atoms in total. The normalized spacial score (nSPS) is 11.1. The molecular weight excluding hydrogens is 354 g/mol. The van der Waals surface area contributed by atoms with Crippen LogP contribution in [0.25, 0.3) is 22.3 Å². The summed E-state index contributed by atoms with van der Waals surface area (Å²) in [6, 6.07) is 15.2. The molecule has 0 aliphatic rings. The smallest absolute Gasteiger partial charge is 0.272 e. The summed E-state index contributed by atoms with van der Waals surface area (Å²) in [6.07, 6.45) is 0. The van der Waals surface area contributed by atoms with Crippen molar-refractivity contribution in [3.63, 3.8) is 0 Å². The average Bonchev–Trinajstić information content (AvgIpc) is 3.08. The van der Waals surface area contributed by atoms with Gasteiger partial charge >= 0.3 is 0 Å². The number of hydrogen-bond donors (Lipinski definition) is 0. The van der Waals surface area contributed by atoms with Crippen molar-refractivity contribution in [2.45, 2.75) is 13.5 Å². The summed E-state index contributed by atoms with van der Waals surface area (Å²) in [5.41, 5.74) is 3.94. The summed E-state index contributed by atoms with van der Waals surface area (Å²) >= 11 is 7.48. The first-order valence-corrected chi connectivity index (χ1v) is 9.04. The van der Waals surface area contributed by atoms with E-state index in [1.54, 1.807) is 22.8 Å². The van der Waals surface area contributed by atoms with Crippen LogP contribution in [0.2, 0.25) is 5.02 Å². The molecular formula is C19H14ClN3OS. The second-order valence-electron chi connectivity index (χ2n) is 5.71. The summed E-state index contributed by atoms with van der Waals surface area (Å²) in [6.45, 7) is 2.17. The third kappa shape index (κ3) is 3.08. The fraction of sp³-hybridized carbons (Fsp3) is 0.105. The van der Waals surface area contributed by atoms with E-state index >= 15 is 0 Å². The first-order chi connectivity index (χ1) is 12.1. The molecule has 0 fully saturated rings. The number of fused-ring (bicyclic) bond motifs is 1. The SMILES string of the molecule is Cc1nc2ccccc2n(Cc2nc(-c3ccc(Cl)cc3)cs2)c1=O. The third-order valence-electron chi connectivity index (χ3n) is 4.00. The van der Waals surface area contributed by atoms with Gasteiger partial charge in [0.15, 0.2) is 0 Å². The number of benzene rings is 2. The molecule has 2 aromatic carbocycles. The molecule has 0 saturated heterocycles. The Hall–Kier alpha value is -2.50. The van der Waals surface area contributed by atoms with Gasteiger partial charge < -0.3 is 0 Å². The van der Waals surface area contributed by atoms with Crippen LogP contribution in [-0.4, -0.2) is 14.5 Å². The number of aromatic nitrogens is 3. The van der Waals surface area contributed by atoms with Gasteiger partial charge in [0.05, 0.1) is 23.3 Å². The molecule has 4 aromatic rings. The Morgan fingerprint density at radius 1 is 1.08 bits per heavy atom. The monoisotopic (exact) mass is 367 g/mol. The lowest BCUT2D eigenvalue weighted by Gasteiger charge is -2.09. The van der Waals surface area contributed by atoms with E-state index in [1.165, 1.54) is 0 Å². The van der Waals surface area contributed by atoms with Gasteiger partial charge in [0.2, 0.25) is 0 Å². The maximum Gasteiger partial charge on any atom is 0.272 e. The summed E-state index contributed by atoms with van der Waals surface area (Å²) in [5, 5.41) is 3.58. The molecule has 0 atom stereocenters. The fourth-order valence-electron chi connectivity index (χ4n) is 2.75. The molecule has 2 heterocycles. The first kappa shape index (κ1) is 16.0. The van der Waals surface area contributed by atoms with Gasteiger partial charge in [0.25, 0.3) is 5.56 Å². The summed E-state index contributed by atoms with van der Waals surface area (Å²) in [5.74, 6) is 0. The number of nitrogens with zero attached hydrogens (tertiary/aromatic N) is 3. The summed E-state index contributed by atoms with van der Waals surface area (Å²) < 4.78 is 1.74. The van der Waals surface area contributed by atoms with Crippen molar-refractivity contribution in [1.29, 1.82) is 0 Å². The molecule has 4 rings (SSSR count). The Morgan fingerprint density at radius 2 is 1.84 bits per heavy atom. The van der Waals surface area contributed by atoms with Crippen LogP contribution in [0.5, 0.6) is 0 Å². The topological polar surface area (TPSA) is 47.8 Å². The second-order valence-corrected chi connectivity index (χ2v) is 7.09. The molecule has 124 valence electrons. The zero-order valence-corrected chi connectivity index (χ0v) is 15.0. The van der Waals surface area contributed by atoms with Crippen LogP contribution in [0.3, 0.4) is 0 Å². The number of hydrogen-bond acceptors (Lipinski definition) is 4. The molecule has 0 saturated carbocycles. The van der Waals surface area contributed by atoms with Crippen molar-refractivity contribution in [2.75, 3.05) is 0 Å². The number of aryl methyl sites for hydroxylation is 1. The lowest BCUT2D eigenvalue weighted by atomic mass is 10.2. The first-order valence-electron chi connectivity index (χ1n) is 7.78. The van der Waals surface area contributed by atoms with Crippen LogP contribution >= 0.6 is 22.9 Å². The number of para-hydroxylation sites is 2. The van der Waals surface area contributed by atoms with Crippen molar-refractivity contribution in [3.05, 3.63) is 80.0 Å². The quantitative estimate of drug-likeness (QED) is 0.534. The highest BCUT2D eigenvalue weighted by Gasteiger charge is 2.11. The van der Waals surface area contributed by atoms with Crippen molar-refractivity contribution >= 4 is 34.0 Å². The number of rotatable bonds is 3. The van der Waals surface area contributed by atoms with E-state index in [-0.39, 0.29) is 5.56 Å². The minimum Gasteiger partial charge on any atom is -0.298 e. The molecule has 0 bridgehead atoms. The lowest BCUT2D eigenvalue weighted by molar-refractivity contribution is 0.771. The van der Waals surface area contributed by atoms with Gasteiger partial charge in [-0.25, -0.2) is 9.97 Å². The van der Waals surface area contributed by atoms with Gasteiger partial charge in [-0.15, -0.1) is 11.3 Å². The molecule has 0 spiro atoms. The van der Waals surface area contributed by atoms with E-state index in [9.17, 15) is 4.79 Å². The van der Waals surface area contributed by atoms with Crippen LogP contribution in [-0.2, 0) is 6.54 Å². The van der Waals surface area contributed by atoms with Gasteiger partial charge in [-0.3, -0.25) is 9.36 Å². The van der Waals surface area contributed by atoms with Crippen LogP contribution in [0.15, 0.2) is 58.7 Å². The Bertz CT molecular complexity index is 1120. The molecule has 0 aliphatic heterocycles. The van der Waals surface area contributed by atoms with E-state index in [1.807, 2.05) is 53.9 Å². The fourth-order valence-corrected chi connectivity index (χ4v) is 3.67. The molecule has 0 radical (unpaired) electrons. The lowest BCUT2D eigenvalue weighted by Crippen LogP contribution is -2.24. The molecule has 2 aromatic heterocycles. The van der Waals surface area contributed by atoms with Crippen LogP contribution in [0.4, 0.5) is 0 Å². The number of halogens is 1. The predicted octanol–water partition coefficient (Wildman–Crippen LogP) is 4.53. The standard InChI is InChI=1S/C19H14ClN3OS/c1-12-19(24)23(17-5-3-2-4-15(17)21-12)10-18-22-16(11-25-18)13-6-8-14(20)9-7-13/h2-9,11H,10H2,1H3. The maximum atomic E-state index is 12.6. The minimum absolute atomic E-state index is 0.0815. The largest absolute Gasteiger partial charge is 0.298 e. The van der Waals surface area contributed by atoms with Gasteiger partial charge in [0, 0.05) is 16.0 Å². The molecule has 0 aliphatic carbocycles. The van der Waals surface area contributed by atoms with Gasteiger partial charge in [-0.1, -0.05) is 35.9 Å². The molecule has 6 heteroatoms. The zero-order valence-electron chi connectivity index (χ0n) is 13.4. The van der Waals surface area contributed by atoms with Gasteiger partial charge in [-0.2, -0.15) is 0 Å². The second kappa shape index (κ2) is 6.43. The van der Waals surface area contributed by atoms with E-state index in [0.717, 1.165) is 27.3 Å². The molecule has 0 unspecified atom stereocenters. The minimum atomic E-state index is -0.0815. The molecule has 0 N–H and O–H groups in total. The van der Waals surface area contributed by atoms with Gasteiger partial charge in [-0.05, 0) is 31.2 Å². The van der Waals surface area contributed by atoms with Crippen LogP contribution in [0.1, 0.15) is 10.7 Å². The molecule has 0 amide bonds. The van der Waals surface area contributed by atoms with Crippen molar-refractivity contribution in [1.82, 2.24) is 14.5 Å². The van der Waals surface area contributed by atoms with Crippen molar-refractivity contribution in [3.8, 4) is 11.3 Å². The maximum absolute atomic E-state index is 12.6. The van der Waals surface area contributed by atoms with E-state index in [0.29, 0.717) is 17.3 Å². The summed E-state index contributed by atoms with van der Waals surface area (Å²) in [7, 11) is 0. The Balaban J connectivity index is 1.74. The van der Waals surface area contributed by atoms with Gasteiger partial charge in [0.1, 0.15) is 10.7 Å². The predicted molar refractivity (Wildman–Crippen MR) is 102 cm³/mol. The Kier molecular flexibility index (Phi) is 4.11. The van der Waals surface area contributed by atoms with Crippen molar-refractivity contribution in [2.24, 2.45) is 0 Å². The highest BCUT2D eigenvalue weighted by atomic mass is 35.5. The average molecular weight is 368 g/mol. The van der Waals surface area contributed by atoms with Crippen molar-refractivity contribution < 1.29 is 0 Å². The highest BCUT2D eigenvalue weighted by Crippen LogP contribution is 2.24. The van der Waals surface area contributed by atoms with E-state index in [4.69, 9.17) is 11.6 Å². The van der Waals surface area contributed by atoms with Crippen LogP contribution < -0.4 is 5.56 Å². The number of thiazole rings is 1. The van der Waals surface area contributed by atoms with Crippen LogP contribution in [0, 0.1) is 6.92 Å². The van der Waals surface area contributed by atoms with E-state index < -0.39 is 0 Å². The van der Waals surface area contributed by atoms with E-state index in [2.05, 4.69) is 9.97 Å². The third-order valence-corrected chi connectivity index (χ3v) is 5.09. The summed E-state index contributed by atoms with van der Waals surface area (Å²) in [4.78, 5) is 21.6. The highest BCUT2D eigenvalue weighted by molar-refractivity contribution is 7.09. The molecule has 25 heavy (non-hydrogen) atoms. The Morgan fingerprint density at radius 3 is 2.64 bits per heavy atom.